The minimum Gasteiger partial charge on any atom is -0.504 e. The Morgan fingerprint density at radius 3 is 2.73 bits per heavy atom. The number of aromatic nitrogens is 2. The smallest absolute Gasteiger partial charge is 0.161 e. The number of hydrogen-bond donors (Lipinski definition) is 1. The van der Waals surface area contributed by atoms with Crippen LogP contribution in [0.25, 0.3) is 10.9 Å². The summed E-state index contributed by atoms with van der Waals surface area (Å²) in [6, 6.07) is 9.40. The Balaban J connectivity index is 2.20. The molecule has 0 aliphatic heterocycles. The van der Waals surface area contributed by atoms with Gasteiger partial charge in [-0.1, -0.05) is 12.1 Å². The van der Waals surface area contributed by atoms with Crippen molar-refractivity contribution >= 4 is 38.6 Å². The molecule has 3 rings (SSSR count). The zero-order valence-electron chi connectivity index (χ0n) is 11.5. The predicted molar refractivity (Wildman–Crippen MR) is 85.2 cm³/mol. The third kappa shape index (κ3) is 2.43. The van der Waals surface area contributed by atoms with Gasteiger partial charge in [0, 0.05) is 11.5 Å². The van der Waals surface area contributed by atoms with Gasteiger partial charge >= 0.3 is 0 Å². The topological polar surface area (TPSA) is 58.5 Å². The number of aromatic hydroxyl groups is 1. The van der Waals surface area contributed by atoms with Crippen molar-refractivity contribution in [2.24, 2.45) is 0 Å². The third-order valence-corrected chi connectivity index (χ3v) is 3.88. The summed E-state index contributed by atoms with van der Waals surface area (Å²) in [5, 5.41) is 10.4. The molecule has 5 nitrogen and oxygen atoms in total. The lowest BCUT2D eigenvalue weighted by Gasteiger charge is -2.18. The Morgan fingerprint density at radius 2 is 2.00 bits per heavy atom. The lowest BCUT2D eigenvalue weighted by molar-refractivity contribution is 0.374. The highest BCUT2D eigenvalue weighted by atomic mass is 79.9. The summed E-state index contributed by atoms with van der Waals surface area (Å²) in [5.74, 6) is 0.315. The van der Waals surface area contributed by atoms with Crippen molar-refractivity contribution in [1.82, 2.24) is 9.97 Å². The Kier molecular flexibility index (Phi) is 3.81. The van der Waals surface area contributed by atoms with Crippen molar-refractivity contribution in [3.05, 3.63) is 48.5 Å². The highest BCUT2D eigenvalue weighted by Crippen LogP contribution is 2.38. The Morgan fingerprint density at radius 1 is 1.23 bits per heavy atom. The quantitative estimate of drug-likeness (QED) is 0.714. The van der Waals surface area contributed by atoms with Crippen molar-refractivity contribution in [3.8, 4) is 11.5 Å². The van der Waals surface area contributed by atoms with Gasteiger partial charge in [-0.15, -0.1) is 0 Å². The molecular weight excluding hydrogens is 353 g/mol. The van der Waals surface area contributed by atoms with E-state index < -0.39 is 5.82 Å². The van der Waals surface area contributed by atoms with Gasteiger partial charge in [-0.3, -0.25) is 3.93 Å². The van der Waals surface area contributed by atoms with Crippen molar-refractivity contribution in [2.75, 3.05) is 11.0 Å². The van der Waals surface area contributed by atoms with E-state index >= 15 is 0 Å². The molecule has 0 radical (unpaired) electrons. The molecule has 1 heterocycles. The lowest BCUT2D eigenvalue weighted by atomic mass is 10.2. The standard InChI is InChI=1S/C15H11BrFN3O2/c1-22-14-6-9-11(7-13(14)21)18-8-19-15(9)20(16)12-5-3-2-4-10(12)17/h2-8,21H,1H3. The van der Waals surface area contributed by atoms with Crippen LogP contribution in [0.15, 0.2) is 42.7 Å². The first-order chi connectivity index (χ1) is 10.6. The zero-order chi connectivity index (χ0) is 15.7. The molecule has 3 aromatic rings. The maximum atomic E-state index is 14.0. The molecule has 7 heteroatoms. The Bertz CT molecular complexity index is 844. The van der Waals surface area contributed by atoms with E-state index in [0.717, 1.165) is 0 Å². The van der Waals surface area contributed by atoms with Gasteiger partial charge < -0.3 is 9.84 Å². The first-order valence-electron chi connectivity index (χ1n) is 6.34. The molecule has 0 atom stereocenters. The number of methoxy groups -OCH3 is 1. The fraction of sp³-hybridized carbons (Fsp3) is 0.0667. The molecule has 1 aromatic heterocycles. The number of halogens is 2. The van der Waals surface area contributed by atoms with Crippen molar-refractivity contribution in [2.45, 2.75) is 0 Å². The first kappa shape index (κ1) is 14.5. The molecule has 2 aromatic carbocycles. The number of phenolic OH excluding ortho intramolecular Hbond substituents is 1. The van der Waals surface area contributed by atoms with E-state index in [-0.39, 0.29) is 11.5 Å². The monoisotopic (exact) mass is 363 g/mol. The molecule has 22 heavy (non-hydrogen) atoms. The van der Waals surface area contributed by atoms with Gasteiger partial charge in [0.05, 0.1) is 34.5 Å². The average Bonchev–Trinajstić information content (AvgIpc) is 2.53. The first-order valence-corrected chi connectivity index (χ1v) is 7.05. The summed E-state index contributed by atoms with van der Waals surface area (Å²) in [5.41, 5.74) is 0.832. The molecule has 0 saturated heterocycles. The van der Waals surface area contributed by atoms with Crippen LogP contribution in [0.4, 0.5) is 15.9 Å². The van der Waals surface area contributed by atoms with Crippen molar-refractivity contribution in [3.63, 3.8) is 0 Å². The largest absolute Gasteiger partial charge is 0.504 e. The van der Waals surface area contributed by atoms with E-state index in [9.17, 15) is 9.50 Å². The van der Waals surface area contributed by atoms with Gasteiger partial charge in [-0.05, 0) is 18.2 Å². The molecule has 0 aliphatic rings. The lowest BCUT2D eigenvalue weighted by Crippen LogP contribution is -2.06. The number of benzene rings is 2. The van der Waals surface area contributed by atoms with Crippen LogP contribution >= 0.6 is 16.1 Å². The predicted octanol–water partition coefficient (Wildman–Crippen LogP) is 3.93. The van der Waals surface area contributed by atoms with Crippen LogP contribution in [0, 0.1) is 5.82 Å². The normalized spacial score (nSPS) is 10.7. The summed E-state index contributed by atoms with van der Waals surface area (Å²) >= 11 is 3.33. The van der Waals surface area contributed by atoms with E-state index in [1.165, 1.54) is 29.5 Å². The third-order valence-electron chi connectivity index (χ3n) is 3.16. The van der Waals surface area contributed by atoms with Crippen molar-refractivity contribution in [1.29, 1.82) is 0 Å². The minimum atomic E-state index is -0.392. The van der Waals surface area contributed by atoms with Gasteiger partial charge in [0.25, 0.3) is 0 Å². The average molecular weight is 364 g/mol. The van der Waals surface area contributed by atoms with Gasteiger partial charge in [0.2, 0.25) is 0 Å². The van der Waals surface area contributed by atoms with Gasteiger partial charge in [0.15, 0.2) is 17.3 Å². The molecular formula is C15H11BrFN3O2. The summed E-state index contributed by atoms with van der Waals surface area (Å²) in [6.07, 6.45) is 1.35. The molecule has 0 fully saturated rings. The highest BCUT2D eigenvalue weighted by molar-refractivity contribution is 9.10. The zero-order valence-corrected chi connectivity index (χ0v) is 13.1. The summed E-state index contributed by atoms with van der Waals surface area (Å²) < 4.78 is 20.5. The molecule has 0 aliphatic carbocycles. The fourth-order valence-corrected chi connectivity index (χ4v) is 2.67. The summed E-state index contributed by atoms with van der Waals surface area (Å²) in [4.78, 5) is 8.30. The van der Waals surface area contributed by atoms with E-state index in [2.05, 4.69) is 26.1 Å². The maximum Gasteiger partial charge on any atom is 0.161 e. The maximum absolute atomic E-state index is 14.0. The Labute approximate surface area is 134 Å². The number of anilines is 2. The van der Waals surface area contributed by atoms with E-state index in [1.807, 2.05) is 0 Å². The molecule has 0 spiro atoms. The Hall–Kier alpha value is -2.41. The van der Waals surface area contributed by atoms with Gasteiger partial charge in [-0.25, -0.2) is 14.4 Å². The summed E-state index contributed by atoms with van der Waals surface area (Å²) in [6.45, 7) is 0. The SMILES string of the molecule is COc1cc2c(N(Br)c3ccccc3F)ncnc2cc1O. The number of hydrogen-bond acceptors (Lipinski definition) is 5. The van der Waals surface area contributed by atoms with Crippen LogP contribution in [-0.2, 0) is 0 Å². The van der Waals surface area contributed by atoms with Gasteiger partial charge in [0.1, 0.15) is 12.1 Å². The second-order valence-electron chi connectivity index (χ2n) is 4.47. The number of nitrogens with zero attached hydrogens (tertiary/aromatic N) is 3. The molecule has 112 valence electrons. The fourth-order valence-electron chi connectivity index (χ4n) is 2.10. The highest BCUT2D eigenvalue weighted by Gasteiger charge is 2.17. The van der Waals surface area contributed by atoms with E-state index in [1.54, 1.807) is 24.3 Å². The second-order valence-corrected chi connectivity index (χ2v) is 5.18. The van der Waals surface area contributed by atoms with Crippen LogP contribution in [-0.4, -0.2) is 22.2 Å². The number of ether oxygens (including phenoxy) is 1. The van der Waals surface area contributed by atoms with E-state index in [4.69, 9.17) is 4.74 Å². The molecule has 1 N–H and O–H groups in total. The van der Waals surface area contributed by atoms with Crippen molar-refractivity contribution < 1.29 is 14.2 Å². The van der Waals surface area contributed by atoms with Crippen LogP contribution < -0.4 is 8.66 Å². The van der Waals surface area contributed by atoms with Crippen LogP contribution in [0.2, 0.25) is 0 Å². The number of para-hydroxylation sites is 1. The van der Waals surface area contributed by atoms with Gasteiger partial charge in [-0.2, -0.15) is 0 Å². The molecule has 0 bridgehead atoms. The summed E-state index contributed by atoms with van der Waals surface area (Å²) in [7, 11) is 1.45. The number of fused-ring (bicyclic) bond motifs is 1. The molecule has 0 saturated carbocycles. The minimum absolute atomic E-state index is 0.0216. The molecule has 0 amide bonds. The molecule has 0 unspecified atom stereocenters. The van der Waals surface area contributed by atoms with Crippen LogP contribution in [0.5, 0.6) is 11.5 Å². The van der Waals surface area contributed by atoms with E-state index in [0.29, 0.717) is 22.4 Å². The van der Waals surface area contributed by atoms with Crippen LogP contribution in [0.3, 0.4) is 0 Å². The number of phenols is 1. The number of rotatable bonds is 3. The second kappa shape index (κ2) is 5.76. The van der Waals surface area contributed by atoms with Crippen LogP contribution in [0.1, 0.15) is 0 Å².